The lowest BCUT2D eigenvalue weighted by Crippen LogP contribution is -2.49. The number of likely N-dealkylation sites (tertiary alicyclic amines) is 1. The average molecular weight is 515 g/mol. The molecule has 9 nitrogen and oxygen atoms in total. The summed E-state index contributed by atoms with van der Waals surface area (Å²) in [5.74, 6) is 2.30. The normalized spacial score (nSPS) is 16.3. The van der Waals surface area contributed by atoms with E-state index in [1.165, 1.54) is 19.3 Å². The molecule has 2 fully saturated rings. The summed E-state index contributed by atoms with van der Waals surface area (Å²) in [6.07, 6.45) is 5.77. The van der Waals surface area contributed by atoms with E-state index >= 15 is 0 Å². The van der Waals surface area contributed by atoms with Crippen molar-refractivity contribution in [3.05, 3.63) is 53.9 Å². The number of carbonyl (C=O) groups is 1. The van der Waals surface area contributed by atoms with E-state index in [9.17, 15) is 4.79 Å². The van der Waals surface area contributed by atoms with Crippen LogP contribution in [0.3, 0.4) is 0 Å². The quantitative estimate of drug-likeness (QED) is 0.452. The molecule has 198 valence electrons. The van der Waals surface area contributed by atoms with E-state index in [-0.39, 0.29) is 5.91 Å². The standard InChI is InChI=1S/C29H34N6O3/c1-37-26-18-24-25(19-27(26)38-16-15-33-9-3-2-4-10-33)31-21-32-29(24)35-13-11-34(12-14-35)28(36)17-22-5-7-23(20-30)8-6-22/h5-8,18-19,21H,2-4,9-17H2,1H3. The molecule has 0 unspecified atom stereocenters. The number of nitriles is 1. The van der Waals surface area contributed by atoms with E-state index in [4.69, 9.17) is 14.7 Å². The summed E-state index contributed by atoms with van der Waals surface area (Å²) in [4.78, 5) is 28.5. The Kier molecular flexibility index (Phi) is 8.19. The van der Waals surface area contributed by atoms with E-state index in [1.807, 2.05) is 29.2 Å². The van der Waals surface area contributed by atoms with Gasteiger partial charge >= 0.3 is 0 Å². The molecule has 0 atom stereocenters. The Morgan fingerprint density at radius 1 is 0.974 bits per heavy atom. The van der Waals surface area contributed by atoms with Crippen LogP contribution in [0.5, 0.6) is 11.5 Å². The van der Waals surface area contributed by atoms with Gasteiger partial charge < -0.3 is 19.3 Å². The number of carbonyl (C=O) groups excluding carboxylic acids is 1. The third-order valence-corrected chi connectivity index (χ3v) is 7.38. The highest BCUT2D eigenvalue weighted by atomic mass is 16.5. The maximum atomic E-state index is 12.9. The number of piperazine rings is 1. The van der Waals surface area contributed by atoms with Gasteiger partial charge in [-0.25, -0.2) is 9.97 Å². The highest BCUT2D eigenvalue weighted by Crippen LogP contribution is 2.35. The number of piperidine rings is 1. The summed E-state index contributed by atoms with van der Waals surface area (Å²) in [7, 11) is 1.65. The SMILES string of the molecule is COc1cc2c(N3CCN(C(=O)Cc4ccc(C#N)cc4)CC3)ncnc2cc1OCCN1CCCCC1. The van der Waals surface area contributed by atoms with Gasteiger partial charge in [-0.3, -0.25) is 9.69 Å². The summed E-state index contributed by atoms with van der Waals surface area (Å²) in [6.45, 7) is 6.41. The zero-order chi connectivity index (χ0) is 26.3. The Morgan fingerprint density at radius 3 is 2.45 bits per heavy atom. The topological polar surface area (TPSA) is 94.8 Å². The molecule has 38 heavy (non-hydrogen) atoms. The highest BCUT2D eigenvalue weighted by Gasteiger charge is 2.24. The molecule has 0 spiro atoms. The molecule has 0 N–H and O–H groups in total. The number of methoxy groups -OCH3 is 1. The predicted molar refractivity (Wildman–Crippen MR) is 146 cm³/mol. The zero-order valence-electron chi connectivity index (χ0n) is 21.9. The number of rotatable bonds is 8. The highest BCUT2D eigenvalue weighted by molar-refractivity contribution is 5.92. The van der Waals surface area contributed by atoms with Crippen LogP contribution in [0, 0.1) is 11.3 Å². The number of amides is 1. The molecule has 0 bridgehead atoms. The summed E-state index contributed by atoms with van der Waals surface area (Å²) in [6, 6.07) is 13.2. The van der Waals surface area contributed by atoms with Crippen molar-refractivity contribution in [1.82, 2.24) is 19.8 Å². The van der Waals surface area contributed by atoms with Crippen molar-refractivity contribution in [2.45, 2.75) is 25.7 Å². The summed E-state index contributed by atoms with van der Waals surface area (Å²) in [5, 5.41) is 9.88. The van der Waals surface area contributed by atoms with Crippen molar-refractivity contribution in [3.63, 3.8) is 0 Å². The van der Waals surface area contributed by atoms with Gasteiger partial charge in [-0.15, -0.1) is 0 Å². The van der Waals surface area contributed by atoms with Crippen molar-refractivity contribution in [2.24, 2.45) is 0 Å². The Hall–Kier alpha value is -3.90. The number of hydrogen-bond acceptors (Lipinski definition) is 8. The van der Waals surface area contributed by atoms with Crippen LogP contribution in [0.1, 0.15) is 30.4 Å². The predicted octanol–water partition coefficient (Wildman–Crippen LogP) is 3.27. The molecule has 2 aliphatic rings. The second kappa shape index (κ2) is 12.1. The molecule has 0 aliphatic carbocycles. The molecule has 2 aliphatic heterocycles. The number of fused-ring (bicyclic) bond motifs is 1. The first-order chi connectivity index (χ1) is 18.6. The Balaban J connectivity index is 1.23. The van der Waals surface area contributed by atoms with Gasteiger partial charge in [0.1, 0.15) is 18.8 Å². The minimum absolute atomic E-state index is 0.0925. The average Bonchev–Trinajstić information content (AvgIpc) is 2.97. The van der Waals surface area contributed by atoms with Crippen molar-refractivity contribution in [1.29, 1.82) is 5.26 Å². The molecule has 1 amide bonds. The van der Waals surface area contributed by atoms with Crippen molar-refractivity contribution in [2.75, 3.05) is 64.4 Å². The number of ether oxygens (including phenoxy) is 2. The molecule has 1 aromatic heterocycles. The molecular weight excluding hydrogens is 480 g/mol. The molecular formula is C29H34N6O3. The first-order valence-electron chi connectivity index (χ1n) is 13.3. The van der Waals surface area contributed by atoms with Gasteiger partial charge in [0, 0.05) is 44.2 Å². The minimum Gasteiger partial charge on any atom is -0.493 e. The summed E-state index contributed by atoms with van der Waals surface area (Å²) >= 11 is 0. The largest absolute Gasteiger partial charge is 0.493 e. The van der Waals surface area contributed by atoms with Crippen molar-refractivity contribution in [3.8, 4) is 17.6 Å². The Labute approximate surface area is 223 Å². The number of anilines is 1. The van der Waals surface area contributed by atoms with Crippen LogP contribution in [0.2, 0.25) is 0 Å². The lowest BCUT2D eigenvalue weighted by atomic mass is 10.1. The molecule has 2 aromatic carbocycles. The van der Waals surface area contributed by atoms with E-state index < -0.39 is 0 Å². The molecule has 3 heterocycles. The van der Waals surface area contributed by atoms with Crippen LogP contribution in [0.4, 0.5) is 5.82 Å². The smallest absolute Gasteiger partial charge is 0.227 e. The Morgan fingerprint density at radius 2 is 1.74 bits per heavy atom. The number of hydrogen-bond donors (Lipinski definition) is 0. The molecule has 3 aromatic rings. The minimum atomic E-state index is 0.0925. The van der Waals surface area contributed by atoms with Crippen LogP contribution >= 0.6 is 0 Å². The fraction of sp³-hybridized carbons (Fsp3) is 0.448. The molecule has 0 saturated carbocycles. The van der Waals surface area contributed by atoms with Crippen LogP contribution in [-0.2, 0) is 11.2 Å². The first kappa shape index (κ1) is 25.7. The summed E-state index contributed by atoms with van der Waals surface area (Å²) in [5.41, 5.74) is 2.32. The maximum absolute atomic E-state index is 12.9. The maximum Gasteiger partial charge on any atom is 0.227 e. The monoisotopic (exact) mass is 514 g/mol. The van der Waals surface area contributed by atoms with Gasteiger partial charge in [0.05, 0.1) is 30.7 Å². The van der Waals surface area contributed by atoms with Gasteiger partial charge in [0.25, 0.3) is 0 Å². The van der Waals surface area contributed by atoms with Gasteiger partial charge in [-0.05, 0) is 49.7 Å². The fourth-order valence-corrected chi connectivity index (χ4v) is 5.19. The molecule has 2 saturated heterocycles. The molecule has 0 radical (unpaired) electrons. The first-order valence-corrected chi connectivity index (χ1v) is 13.3. The van der Waals surface area contributed by atoms with Crippen LogP contribution in [0.15, 0.2) is 42.7 Å². The lowest BCUT2D eigenvalue weighted by molar-refractivity contribution is -0.130. The molecule has 5 rings (SSSR count). The number of benzene rings is 2. The third-order valence-electron chi connectivity index (χ3n) is 7.38. The van der Waals surface area contributed by atoms with Crippen molar-refractivity contribution < 1.29 is 14.3 Å². The second-order valence-electron chi connectivity index (χ2n) is 9.82. The van der Waals surface area contributed by atoms with Gasteiger partial charge in [-0.1, -0.05) is 18.6 Å². The van der Waals surface area contributed by atoms with Crippen LogP contribution < -0.4 is 14.4 Å². The number of nitrogens with zero attached hydrogens (tertiary/aromatic N) is 6. The second-order valence-corrected chi connectivity index (χ2v) is 9.82. The van der Waals surface area contributed by atoms with Crippen molar-refractivity contribution >= 4 is 22.6 Å². The summed E-state index contributed by atoms with van der Waals surface area (Å²) < 4.78 is 11.8. The van der Waals surface area contributed by atoms with Crippen LogP contribution in [-0.4, -0.2) is 85.2 Å². The van der Waals surface area contributed by atoms with E-state index in [1.54, 1.807) is 25.6 Å². The zero-order valence-corrected chi connectivity index (χ0v) is 21.9. The lowest BCUT2D eigenvalue weighted by Gasteiger charge is -2.36. The fourth-order valence-electron chi connectivity index (χ4n) is 5.19. The van der Waals surface area contributed by atoms with Gasteiger partial charge in [-0.2, -0.15) is 5.26 Å². The van der Waals surface area contributed by atoms with Crippen LogP contribution in [0.25, 0.3) is 10.9 Å². The van der Waals surface area contributed by atoms with E-state index in [0.717, 1.165) is 41.9 Å². The molecule has 9 heteroatoms. The number of aromatic nitrogens is 2. The van der Waals surface area contributed by atoms with Gasteiger partial charge in [0.2, 0.25) is 5.91 Å². The van der Waals surface area contributed by atoms with Gasteiger partial charge in [0.15, 0.2) is 11.5 Å². The van der Waals surface area contributed by atoms with E-state index in [0.29, 0.717) is 56.3 Å². The van der Waals surface area contributed by atoms with E-state index in [2.05, 4.69) is 25.8 Å². The third kappa shape index (κ3) is 5.97. The Bertz CT molecular complexity index is 1290.